The van der Waals surface area contributed by atoms with Crippen molar-refractivity contribution in [2.24, 2.45) is 16.5 Å². The van der Waals surface area contributed by atoms with E-state index >= 15 is 0 Å². The second-order valence-corrected chi connectivity index (χ2v) is 16.1. The Morgan fingerprint density at radius 1 is 1.06 bits per heavy atom. The fourth-order valence-electron chi connectivity index (χ4n) is 7.34. The number of hydrogen-bond donors (Lipinski definition) is 4. The van der Waals surface area contributed by atoms with Gasteiger partial charge in [0.2, 0.25) is 23.5 Å². The highest BCUT2D eigenvalue weighted by molar-refractivity contribution is 6.38. The molecule has 0 unspecified atom stereocenters. The fourth-order valence-corrected chi connectivity index (χ4v) is 7.61. The van der Waals surface area contributed by atoms with Gasteiger partial charge in [-0.15, -0.1) is 0 Å². The molecular formula is C37H53ClN6O6. The van der Waals surface area contributed by atoms with Crippen LogP contribution in [0.3, 0.4) is 0 Å². The second kappa shape index (κ2) is 15.7. The molecule has 0 aromatic heterocycles. The predicted octanol–water partition coefficient (Wildman–Crippen LogP) is 4.48. The van der Waals surface area contributed by atoms with E-state index in [2.05, 4.69) is 26.4 Å². The Bertz CT molecular complexity index is 1500. The molecule has 5 rings (SSSR count). The standard InChI is InChI=1S/C37H53ClN6O6/c1-6-10-27(31(46)34(48)40-24-14-15-24)41-33(47)29-20-37(19-28(43-50-37)23-13-16-26(39-5)25(38)18-23)21-44(29)35(49)32(36(2,3)4)42-30(45)17-22-11-8-7-9-12-22/h13,16,18,22,24,27,29,32,39H,6-12,14-15,17,19-21H2,1-5H3,(H,40,48)(H,41,47)(H,42,45)/t27-,29-,32+,37+/m0/s1. The molecule has 13 heteroatoms. The summed E-state index contributed by atoms with van der Waals surface area (Å²) in [7, 11) is 1.78. The van der Waals surface area contributed by atoms with Crippen molar-refractivity contribution in [3.05, 3.63) is 28.8 Å². The number of hydrogen-bond acceptors (Lipinski definition) is 8. The average Bonchev–Trinajstić information content (AvgIpc) is 3.67. The monoisotopic (exact) mass is 712 g/mol. The Morgan fingerprint density at radius 2 is 1.78 bits per heavy atom. The lowest BCUT2D eigenvalue weighted by Crippen LogP contribution is -2.59. The summed E-state index contributed by atoms with van der Waals surface area (Å²) in [5, 5.41) is 16.5. The fraction of sp³-hybridized carbons (Fsp3) is 0.676. The Hall–Kier alpha value is -3.67. The number of oxime groups is 1. The Labute approximate surface area is 300 Å². The smallest absolute Gasteiger partial charge is 0.289 e. The number of Topliss-reactive ketones (excluding diaryl/α,β-unsaturated/α-hetero) is 1. The van der Waals surface area contributed by atoms with Crippen LogP contribution < -0.4 is 21.3 Å². The zero-order valence-electron chi connectivity index (χ0n) is 30.0. The second-order valence-electron chi connectivity index (χ2n) is 15.7. The molecule has 4 aliphatic rings. The van der Waals surface area contributed by atoms with Crippen LogP contribution in [0, 0.1) is 11.3 Å². The number of halogens is 1. The normalized spacial score (nSPS) is 23.4. The first-order chi connectivity index (χ1) is 23.7. The minimum atomic E-state index is -1.04. The zero-order valence-corrected chi connectivity index (χ0v) is 30.8. The van der Waals surface area contributed by atoms with Gasteiger partial charge in [0.25, 0.3) is 5.91 Å². The third-order valence-corrected chi connectivity index (χ3v) is 10.7. The van der Waals surface area contributed by atoms with Crippen LogP contribution >= 0.6 is 11.6 Å². The first kappa shape index (κ1) is 37.6. The molecule has 4 atom stereocenters. The average molecular weight is 713 g/mol. The molecule has 4 amide bonds. The largest absolute Gasteiger partial charge is 0.387 e. The molecule has 12 nitrogen and oxygen atoms in total. The van der Waals surface area contributed by atoms with Gasteiger partial charge in [0, 0.05) is 37.9 Å². The van der Waals surface area contributed by atoms with Gasteiger partial charge in [-0.05, 0) is 55.6 Å². The molecule has 274 valence electrons. The van der Waals surface area contributed by atoms with E-state index in [1.807, 2.05) is 39.8 Å². The van der Waals surface area contributed by atoms with Crippen LogP contribution in [-0.2, 0) is 28.8 Å². The van der Waals surface area contributed by atoms with E-state index in [1.54, 1.807) is 13.1 Å². The number of nitrogens with zero attached hydrogens (tertiary/aromatic N) is 2. The van der Waals surface area contributed by atoms with Crippen molar-refractivity contribution >= 4 is 52.4 Å². The van der Waals surface area contributed by atoms with Crippen LogP contribution in [-0.4, -0.2) is 83.4 Å². The van der Waals surface area contributed by atoms with Crippen molar-refractivity contribution in [3.63, 3.8) is 0 Å². The van der Waals surface area contributed by atoms with E-state index < -0.39 is 52.6 Å². The lowest BCUT2D eigenvalue weighted by Gasteiger charge is -2.36. The molecule has 4 N–H and O–H groups in total. The van der Waals surface area contributed by atoms with Crippen molar-refractivity contribution in [1.29, 1.82) is 0 Å². The number of likely N-dealkylation sites (tertiary alicyclic amines) is 1. The molecule has 2 saturated carbocycles. The molecule has 1 aromatic rings. The van der Waals surface area contributed by atoms with E-state index in [0.717, 1.165) is 49.8 Å². The van der Waals surface area contributed by atoms with Crippen LogP contribution in [0.1, 0.15) is 110 Å². The quantitative estimate of drug-likeness (QED) is 0.220. The van der Waals surface area contributed by atoms with Gasteiger partial charge < -0.3 is 31.0 Å². The lowest BCUT2D eigenvalue weighted by molar-refractivity contribution is -0.145. The summed E-state index contributed by atoms with van der Waals surface area (Å²) in [6.07, 6.45) is 8.63. The summed E-state index contributed by atoms with van der Waals surface area (Å²) in [6.45, 7) is 7.57. The number of anilines is 1. The maximum Gasteiger partial charge on any atom is 0.289 e. The van der Waals surface area contributed by atoms with Gasteiger partial charge in [-0.25, -0.2) is 0 Å². The van der Waals surface area contributed by atoms with Gasteiger partial charge >= 0.3 is 0 Å². The summed E-state index contributed by atoms with van der Waals surface area (Å²) in [5.41, 5.74) is 0.451. The van der Waals surface area contributed by atoms with E-state index in [1.165, 1.54) is 11.3 Å². The maximum absolute atomic E-state index is 14.6. The van der Waals surface area contributed by atoms with Gasteiger partial charge in [0.15, 0.2) is 5.60 Å². The molecule has 0 bridgehead atoms. The number of carbonyl (C=O) groups excluding carboxylic acids is 5. The van der Waals surface area contributed by atoms with Crippen LogP contribution in [0.25, 0.3) is 0 Å². The number of amides is 4. The molecule has 3 fully saturated rings. The summed E-state index contributed by atoms with van der Waals surface area (Å²) in [5.74, 6) is -2.27. The maximum atomic E-state index is 14.6. The van der Waals surface area contributed by atoms with Gasteiger partial charge in [-0.3, -0.25) is 24.0 Å². The first-order valence-corrected chi connectivity index (χ1v) is 18.6. The molecule has 2 aliphatic heterocycles. The van der Waals surface area contributed by atoms with E-state index in [0.29, 0.717) is 30.0 Å². The highest BCUT2D eigenvalue weighted by atomic mass is 35.5. The minimum Gasteiger partial charge on any atom is -0.387 e. The molecule has 2 heterocycles. The zero-order chi connectivity index (χ0) is 36.2. The third-order valence-electron chi connectivity index (χ3n) is 10.4. The number of rotatable bonds is 13. The van der Waals surface area contributed by atoms with Crippen molar-refractivity contribution in [3.8, 4) is 0 Å². The van der Waals surface area contributed by atoms with Crippen molar-refractivity contribution in [2.45, 2.75) is 135 Å². The summed E-state index contributed by atoms with van der Waals surface area (Å²) < 4.78 is 0. The highest BCUT2D eigenvalue weighted by Crippen LogP contribution is 2.41. The summed E-state index contributed by atoms with van der Waals surface area (Å²) in [4.78, 5) is 75.6. The summed E-state index contributed by atoms with van der Waals surface area (Å²) in [6, 6.07) is 2.51. The third kappa shape index (κ3) is 8.97. The van der Waals surface area contributed by atoms with E-state index in [-0.39, 0.29) is 37.3 Å². The van der Waals surface area contributed by atoms with Crippen LogP contribution in [0.15, 0.2) is 23.4 Å². The van der Waals surface area contributed by atoms with Crippen molar-refractivity contribution in [1.82, 2.24) is 20.9 Å². The molecular weight excluding hydrogens is 660 g/mol. The van der Waals surface area contributed by atoms with E-state index in [9.17, 15) is 24.0 Å². The van der Waals surface area contributed by atoms with E-state index in [4.69, 9.17) is 16.4 Å². The number of nitrogens with one attached hydrogen (secondary N) is 4. The molecule has 1 spiro atoms. The van der Waals surface area contributed by atoms with Crippen molar-refractivity contribution in [2.75, 3.05) is 18.9 Å². The van der Waals surface area contributed by atoms with Gasteiger partial charge in [-0.2, -0.15) is 0 Å². The molecule has 2 aliphatic carbocycles. The Balaban J connectivity index is 1.39. The van der Waals surface area contributed by atoms with Crippen LogP contribution in [0.5, 0.6) is 0 Å². The molecule has 0 radical (unpaired) electrons. The number of ketones is 1. The first-order valence-electron chi connectivity index (χ1n) is 18.2. The summed E-state index contributed by atoms with van der Waals surface area (Å²) >= 11 is 6.47. The number of benzene rings is 1. The van der Waals surface area contributed by atoms with Crippen LogP contribution in [0.4, 0.5) is 5.69 Å². The SMILES string of the molecule is CCC[C@H](NC(=O)[C@@H]1C[C@]2(CC(c3ccc(NC)c(Cl)c3)=NO2)CN1C(=O)[C@@H](NC(=O)CC1CCCCC1)C(C)(C)C)C(=O)C(=O)NC1CC1. The molecule has 50 heavy (non-hydrogen) atoms. The molecule has 1 aromatic carbocycles. The topological polar surface area (TPSA) is 158 Å². The predicted molar refractivity (Wildman–Crippen MR) is 192 cm³/mol. The molecule has 1 saturated heterocycles. The van der Waals surface area contributed by atoms with Gasteiger partial charge in [0.1, 0.15) is 12.1 Å². The number of carbonyl (C=O) groups is 5. The van der Waals surface area contributed by atoms with Gasteiger partial charge in [-0.1, -0.05) is 76.2 Å². The van der Waals surface area contributed by atoms with Gasteiger partial charge in [0.05, 0.1) is 29.0 Å². The Morgan fingerprint density at radius 3 is 2.40 bits per heavy atom. The Kier molecular flexibility index (Phi) is 11.8. The minimum absolute atomic E-state index is 0.00656. The highest BCUT2D eigenvalue weighted by Gasteiger charge is 2.55. The lowest BCUT2D eigenvalue weighted by atomic mass is 9.84. The van der Waals surface area contributed by atoms with Crippen molar-refractivity contribution < 1.29 is 28.8 Å². The van der Waals surface area contributed by atoms with Crippen LogP contribution in [0.2, 0.25) is 5.02 Å².